The van der Waals surface area contributed by atoms with Gasteiger partial charge in [0.1, 0.15) is 0 Å². The molecule has 1 aliphatic heterocycles. The Bertz CT molecular complexity index is 506. The third-order valence-corrected chi connectivity index (χ3v) is 3.41. The number of carboxylic acids is 2. The molecule has 128 valence electrons. The van der Waals surface area contributed by atoms with Gasteiger partial charge in [-0.3, -0.25) is 0 Å². The molecule has 7 nitrogen and oxygen atoms in total. The number of hydrogen-bond acceptors (Lipinski definition) is 5. The summed E-state index contributed by atoms with van der Waals surface area (Å²) in [6, 6.07) is 7.77. The summed E-state index contributed by atoms with van der Waals surface area (Å²) in [6.45, 7) is 5.15. The third kappa shape index (κ3) is 7.43. The summed E-state index contributed by atoms with van der Waals surface area (Å²) in [4.78, 5) is 18.2. The van der Waals surface area contributed by atoms with Gasteiger partial charge < -0.3 is 25.0 Å². The first-order valence-corrected chi connectivity index (χ1v) is 7.44. The molecule has 0 bridgehead atoms. The quantitative estimate of drug-likeness (QED) is 0.711. The number of halogens is 1. The predicted molar refractivity (Wildman–Crippen MR) is 83.7 cm³/mol. The number of carbonyl (C=O) groups is 2. The van der Waals surface area contributed by atoms with Gasteiger partial charge in [-0.15, -0.1) is 0 Å². The summed E-state index contributed by atoms with van der Waals surface area (Å²) in [5, 5.41) is 18.8. The van der Waals surface area contributed by atoms with Crippen molar-refractivity contribution < 1.29 is 29.3 Å². The van der Waals surface area contributed by atoms with Crippen LogP contribution in [0.25, 0.3) is 0 Å². The van der Waals surface area contributed by atoms with Crippen LogP contribution < -0.4 is 5.32 Å². The minimum atomic E-state index is -1.82. The smallest absolute Gasteiger partial charge is 0.414 e. The lowest BCUT2D eigenvalue weighted by molar-refractivity contribution is -0.159. The first-order chi connectivity index (χ1) is 10.9. The van der Waals surface area contributed by atoms with Gasteiger partial charge in [-0.05, 0) is 18.6 Å². The van der Waals surface area contributed by atoms with Gasteiger partial charge in [0.15, 0.2) is 0 Å². The van der Waals surface area contributed by atoms with E-state index in [0.29, 0.717) is 6.61 Å². The second-order valence-corrected chi connectivity index (χ2v) is 5.21. The van der Waals surface area contributed by atoms with Crippen LogP contribution >= 0.6 is 11.6 Å². The number of carboxylic acid groups (broad SMARTS) is 2. The fourth-order valence-electron chi connectivity index (χ4n) is 1.87. The van der Waals surface area contributed by atoms with Crippen LogP contribution in [0.1, 0.15) is 18.6 Å². The molecule has 0 amide bonds. The average molecular weight is 346 g/mol. The predicted octanol–water partition coefficient (Wildman–Crippen LogP) is 1.56. The molecule has 2 atom stereocenters. The van der Waals surface area contributed by atoms with Gasteiger partial charge >= 0.3 is 11.9 Å². The number of benzene rings is 1. The van der Waals surface area contributed by atoms with Crippen LogP contribution in [-0.4, -0.2) is 54.6 Å². The topological polar surface area (TPSA) is 105 Å². The molecular weight excluding hydrogens is 326 g/mol. The summed E-state index contributed by atoms with van der Waals surface area (Å²) in [5.74, 6) is -3.65. The zero-order valence-corrected chi connectivity index (χ0v) is 13.5. The van der Waals surface area contributed by atoms with Crippen LogP contribution in [0.2, 0.25) is 5.02 Å². The van der Waals surface area contributed by atoms with Crippen LogP contribution in [0.4, 0.5) is 0 Å². The Kier molecular flexibility index (Phi) is 8.57. The van der Waals surface area contributed by atoms with Gasteiger partial charge in [0, 0.05) is 18.1 Å². The van der Waals surface area contributed by atoms with Gasteiger partial charge in [-0.25, -0.2) is 9.59 Å². The Morgan fingerprint density at radius 2 is 2.04 bits per heavy atom. The Hall–Kier alpha value is -1.67. The van der Waals surface area contributed by atoms with E-state index in [-0.39, 0.29) is 12.2 Å². The number of ether oxygens (including phenoxy) is 2. The van der Waals surface area contributed by atoms with Gasteiger partial charge in [-0.1, -0.05) is 29.8 Å². The minimum absolute atomic E-state index is 0.00535. The maximum atomic E-state index is 9.10. The third-order valence-electron chi connectivity index (χ3n) is 3.06. The zero-order chi connectivity index (χ0) is 17.2. The van der Waals surface area contributed by atoms with Gasteiger partial charge in [0.2, 0.25) is 0 Å². The SMILES string of the molecule is CC(OCC1CNCCO1)c1ccccc1Cl.O=C(O)C(=O)O. The number of hydrogen-bond donors (Lipinski definition) is 3. The van der Waals surface area contributed by atoms with Gasteiger partial charge in [0.25, 0.3) is 0 Å². The highest BCUT2D eigenvalue weighted by atomic mass is 35.5. The molecule has 0 spiro atoms. The summed E-state index contributed by atoms with van der Waals surface area (Å²) < 4.78 is 11.4. The van der Waals surface area contributed by atoms with Crippen molar-refractivity contribution in [1.82, 2.24) is 5.32 Å². The Morgan fingerprint density at radius 3 is 2.57 bits per heavy atom. The maximum absolute atomic E-state index is 9.10. The van der Waals surface area contributed by atoms with E-state index in [1.807, 2.05) is 31.2 Å². The second kappa shape index (κ2) is 10.2. The standard InChI is InChI=1S/C13H18ClNO2.C2H2O4/c1-10(12-4-2-3-5-13(12)14)17-9-11-8-15-6-7-16-11;3-1(4)2(5)6/h2-5,10-11,15H,6-9H2,1H3;(H,3,4)(H,5,6). The molecule has 0 aromatic heterocycles. The lowest BCUT2D eigenvalue weighted by Crippen LogP contribution is -2.41. The highest BCUT2D eigenvalue weighted by molar-refractivity contribution is 6.31. The molecule has 1 heterocycles. The molecule has 3 N–H and O–H groups in total. The minimum Gasteiger partial charge on any atom is -0.473 e. The molecule has 1 aromatic carbocycles. The molecule has 0 radical (unpaired) electrons. The fraction of sp³-hybridized carbons (Fsp3) is 0.467. The van der Waals surface area contributed by atoms with E-state index in [1.165, 1.54) is 0 Å². The highest BCUT2D eigenvalue weighted by Crippen LogP contribution is 2.25. The molecule has 1 fully saturated rings. The summed E-state index contributed by atoms with van der Waals surface area (Å²) in [5.41, 5.74) is 1.03. The Morgan fingerprint density at radius 1 is 1.39 bits per heavy atom. The van der Waals surface area contributed by atoms with E-state index in [0.717, 1.165) is 30.3 Å². The van der Waals surface area contributed by atoms with Gasteiger partial charge in [-0.2, -0.15) is 0 Å². The van der Waals surface area contributed by atoms with Crippen molar-refractivity contribution in [2.75, 3.05) is 26.3 Å². The summed E-state index contributed by atoms with van der Waals surface area (Å²) in [6.07, 6.45) is 0.142. The van der Waals surface area contributed by atoms with Gasteiger partial charge in [0.05, 0.1) is 25.4 Å². The van der Waals surface area contributed by atoms with Crippen LogP contribution in [0.3, 0.4) is 0 Å². The zero-order valence-electron chi connectivity index (χ0n) is 12.7. The number of aliphatic carboxylic acids is 2. The van der Waals surface area contributed by atoms with Crippen molar-refractivity contribution in [2.24, 2.45) is 0 Å². The molecule has 1 aromatic rings. The van der Waals surface area contributed by atoms with Crippen LogP contribution in [-0.2, 0) is 19.1 Å². The first kappa shape index (κ1) is 19.4. The van der Waals surface area contributed by atoms with E-state index in [1.54, 1.807) is 0 Å². The molecule has 0 aliphatic carbocycles. The Labute approximate surface area is 139 Å². The molecule has 8 heteroatoms. The first-order valence-electron chi connectivity index (χ1n) is 7.06. The van der Waals surface area contributed by atoms with Crippen LogP contribution in [0, 0.1) is 0 Å². The lowest BCUT2D eigenvalue weighted by Gasteiger charge is -2.25. The van der Waals surface area contributed by atoms with Crippen LogP contribution in [0.5, 0.6) is 0 Å². The summed E-state index contributed by atoms with van der Waals surface area (Å²) in [7, 11) is 0. The largest absolute Gasteiger partial charge is 0.473 e. The van der Waals surface area contributed by atoms with Crippen molar-refractivity contribution in [3.63, 3.8) is 0 Å². The monoisotopic (exact) mass is 345 g/mol. The molecule has 2 unspecified atom stereocenters. The van der Waals surface area contributed by atoms with Crippen molar-refractivity contribution in [1.29, 1.82) is 0 Å². The van der Waals surface area contributed by atoms with E-state index < -0.39 is 11.9 Å². The normalized spacial score (nSPS) is 18.4. The van der Waals surface area contributed by atoms with E-state index in [4.69, 9.17) is 40.9 Å². The molecule has 1 saturated heterocycles. The number of morpholine rings is 1. The van der Waals surface area contributed by atoms with Crippen molar-refractivity contribution in [3.05, 3.63) is 34.9 Å². The molecule has 0 saturated carbocycles. The molecule has 2 rings (SSSR count). The molecule has 1 aliphatic rings. The lowest BCUT2D eigenvalue weighted by atomic mass is 10.1. The molecular formula is C15H20ClNO6. The second-order valence-electron chi connectivity index (χ2n) is 4.80. The highest BCUT2D eigenvalue weighted by Gasteiger charge is 2.16. The van der Waals surface area contributed by atoms with E-state index >= 15 is 0 Å². The van der Waals surface area contributed by atoms with Crippen LogP contribution in [0.15, 0.2) is 24.3 Å². The van der Waals surface area contributed by atoms with E-state index in [2.05, 4.69) is 5.32 Å². The average Bonchev–Trinajstić information content (AvgIpc) is 2.54. The number of rotatable bonds is 4. The fourth-order valence-corrected chi connectivity index (χ4v) is 2.16. The maximum Gasteiger partial charge on any atom is 0.414 e. The van der Waals surface area contributed by atoms with E-state index in [9.17, 15) is 0 Å². The Balaban J connectivity index is 0.000000379. The van der Waals surface area contributed by atoms with Crippen molar-refractivity contribution >= 4 is 23.5 Å². The summed E-state index contributed by atoms with van der Waals surface area (Å²) >= 11 is 6.12. The number of nitrogens with one attached hydrogen (secondary N) is 1. The van der Waals surface area contributed by atoms with Crippen molar-refractivity contribution in [3.8, 4) is 0 Å². The van der Waals surface area contributed by atoms with Crippen molar-refractivity contribution in [2.45, 2.75) is 19.1 Å². The molecule has 23 heavy (non-hydrogen) atoms.